The van der Waals surface area contributed by atoms with Crippen molar-refractivity contribution in [2.75, 3.05) is 5.32 Å². The third-order valence-electron chi connectivity index (χ3n) is 3.42. The Bertz CT molecular complexity index is 682. The van der Waals surface area contributed by atoms with Gasteiger partial charge in [0.1, 0.15) is 0 Å². The van der Waals surface area contributed by atoms with E-state index in [-0.39, 0.29) is 11.6 Å². The Morgan fingerprint density at radius 3 is 2.09 bits per heavy atom. The summed E-state index contributed by atoms with van der Waals surface area (Å²) in [6.07, 6.45) is 4.07. The lowest BCUT2D eigenvalue weighted by atomic mass is 10.1. The van der Waals surface area contributed by atoms with Gasteiger partial charge in [0.25, 0.3) is 0 Å². The molecule has 3 heteroatoms. The maximum atomic E-state index is 12.0. The number of Topliss-reactive ketones (excluding diaryl/α,β-unsaturated/α-hetero) is 1. The maximum Gasteiger partial charge on any atom is 0.187 e. The van der Waals surface area contributed by atoms with Gasteiger partial charge in [0, 0.05) is 29.1 Å². The molecule has 2 rings (SSSR count). The van der Waals surface area contributed by atoms with E-state index in [1.165, 1.54) is 18.6 Å². The zero-order valence-corrected chi connectivity index (χ0v) is 12.8. The monoisotopic (exact) mass is 293 g/mol. The minimum atomic E-state index is -0.0458. The van der Waals surface area contributed by atoms with Gasteiger partial charge >= 0.3 is 0 Å². The van der Waals surface area contributed by atoms with Crippen LogP contribution in [0.15, 0.2) is 60.8 Å². The molecule has 0 saturated carbocycles. The molecular weight excluding hydrogens is 274 g/mol. The molecule has 0 saturated heterocycles. The van der Waals surface area contributed by atoms with E-state index in [1.54, 1.807) is 18.3 Å². The quantitative estimate of drug-likeness (QED) is 0.639. The van der Waals surface area contributed by atoms with E-state index >= 15 is 0 Å². The second kappa shape index (κ2) is 7.36. The smallest absolute Gasteiger partial charge is 0.187 e. The van der Waals surface area contributed by atoms with Crippen LogP contribution in [0.2, 0.25) is 0 Å². The number of nitrogens with one attached hydrogen (secondary N) is 1. The van der Waals surface area contributed by atoms with Gasteiger partial charge in [0.2, 0.25) is 0 Å². The molecule has 0 aliphatic heterocycles. The van der Waals surface area contributed by atoms with Gasteiger partial charge in [-0.1, -0.05) is 31.2 Å². The van der Waals surface area contributed by atoms with Crippen LogP contribution in [0.4, 0.5) is 5.69 Å². The van der Waals surface area contributed by atoms with E-state index in [0.717, 1.165) is 12.1 Å². The highest BCUT2D eigenvalue weighted by atomic mass is 16.1. The van der Waals surface area contributed by atoms with Crippen LogP contribution in [0.5, 0.6) is 0 Å². The van der Waals surface area contributed by atoms with Crippen molar-refractivity contribution >= 4 is 17.3 Å². The number of carbonyl (C=O) groups is 2. The molecule has 2 aromatic rings. The summed E-state index contributed by atoms with van der Waals surface area (Å²) in [5, 5.41) is 3.02. The van der Waals surface area contributed by atoms with Crippen LogP contribution in [0, 0.1) is 0 Å². The molecule has 0 amide bonds. The van der Waals surface area contributed by atoms with E-state index in [4.69, 9.17) is 0 Å². The Hall–Kier alpha value is -2.68. The number of hydrogen-bond donors (Lipinski definition) is 1. The van der Waals surface area contributed by atoms with Crippen molar-refractivity contribution < 1.29 is 9.59 Å². The van der Waals surface area contributed by atoms with Crippen LogP contribution in [0.1, 0.15) is 40.1 Å². The minimum Gasteiger partial charge on any atom is -0.362 e. The summed E-state index contributed by atoms with van der Waals surface area (Å²) < 4.78 is 0. The molecule has 0 atom stereocenters. The van der Waals surface area contributed by atoms with Gasteiger partial charge in [-0.3, -0.25) is 9.59 Å². The van der Waals surface area contributed by atoms with E-state index < -0.39 is 0 Å². The van der Waals surface area contributed by atoms with Crippen molar-refractivity contribution in [1.82, 2.24) is 0 Å². The second-order valence-corrected chi connectivity index (χ2v) is 5.03. The molecule has 0 radical (unpaired) electrons. The zero-order chi connectivity index (χ0) is 15.9. The molecule has 0 aliphatic carbocycles. The first-order valence-corrected chi connectivity index (χ1v) is 7.27. The van der Waals surface area contributed by atoms with Gasteiger partial charge in [0.05, 0.1) is 0 Å². The standard InChI is InChI=1S/C19H19NO2/c1-3-15-4-6-17(7-5-15)19(22)12-13-20-18-10-8-16(9-11-18)14(2)21/h4-13,20H,3H2,1-2H3/b13-12-. The van der Waals surface area contributed by atoms with Crippen LogP contribution in [0.3, 0.4) is 0 Å². The Labute approximate surface area is 130 Å². The van der Waals surface area contributed by atoms with Crippen LogP contribution in [-0.2, 0) is 6.42 Å². The topological polar surface area (TPSA) is 46.2 Å². The summed E-state index contributed by atoms with van der Waals surface area (Å²) in [6, 6.07) is 14.7. The third kappa shape index (κ3) is 4.16. The summed E-state index contributed by atoms with van der Waals surface area (Å²) in [5.74, 6) is -0.0108. The summed E-state index contributed by atoms with van der Waals surface area (Å²) in [6.45, 7) is 3.61. The maximum absolute atomic E-state index is 12.0. The fraction of sp³-hybridized carbons (Fsp3) is 0.158. The molecule has 2 aromatic carbocycles. The van der Waals surface area contributed by atoms with Crippen LogP contribution < -0.4 is 5.32 Å². The minimum absolute atomic E-state index is 0.0350. The molecule has 0 spiro atoms. The molecule has 3 nitrogen and oxygen atoms in total. The molecule has 0 aromatic heterocycles. The summed E-state index contributed by atoms with van der Waals surface area (Å²) in [5.41, 5.74) is 3.38. The Morgan fingerprint density at radius 1 is 0.955 bits per heavy atom. The average Bonchev–Trinajstić information content (AvgIpc) is 2.55. The van der Waals surface area contributed by atoms with E-state index in [2.05, 4.69) is 12.2 Å². The second-order valence-electron chi connectivity index (χ2n) is 5.03. The van der Waals surface area contributed by atoms with Gasteiger partial charge < -0.3 is 5.32 Å². The summed E-state index contributed by atoms with van der Waals surface area (Å²) in [7, 11) is 0. The number of anilines is 1. The molecule has 112 valence electrons. The van der Waals surface area contributed by atoms with Crippen LogP contribution in [0.25, 0.3) is 0 Å². The number of hydrogen-bond acceptors (Lipinski definition) is 3. The lowest BCUT2D eigenvalue weighted by molar-refractivity contribution is 0.101. The molecule has 0 fully saturated rings. The van der Waals surface area contributed by atoms with Crippen molar-refractivity contribution in [3.63, 3.8) is 0 Å². The van der Waals surface area contributed by atoms with E-state index in [0.29, 0.717) is 11.1 Å². The first-order chi connectivity index (χ1) is 10.6. The zero-order valence-electron chi connectivity index (χ0n) is 12.8. The first kappa shape index (κ1) is 15.7. The van der Waals surface area contributed by atoms with Crippen LogP contribution in [-0.4, -0.2) is 11.6 Å². The summed E-state index contributed by atoms with van der Waals surface area (Å²) in [4.78, 5) is 23.2. The highest BCUT2D eigenvalue weighted by Crippen LogP contribution is 2.10. The van der Waals surface area contributed by atoms with Crippen molar-refractivity contribution in [3.8, 4) is 0 Å². The lowest BCUT2D eigenvalue weighted by Crippen LogP contribution is -1.97. The first-order valence-electron chi connectivity index (χ1n) is 7.27. The third-order valence-corrected chi connectivity index (χ3v) is 3.42. The molecule has 1 N–H and O–H groups in total. The largest absolute Gasteiger partial charge is 0.362 e. The normalized spacial score (nSPS) is 10.6. The number of allylic oxidation sites excluding steroid dienone is 1. The molecular formula is C19H19NO2. The fourth-order valence-corrected chi connectivity index (χ4v) is 2.02. The number of aryl methyl sites for hydroxylation is 1. The van der Waals surface area contributed by atoms with Gasteiger partial charge in [-0.25, -0.2) is 0 Å². The molecule has 0 bridgehead atoms. The van der Waals surface area contributed by atoms with Gasteiger partial charge in [-0.2, -0.15) is 0 Å². The Balaban J connectivity index is 1.96. The number of rotatable bonds is 6. The Kier molecular flexibility index (Phi) is 5.26. The van der Waals surface area contributed by atoms with Gasteiger partial charge in [-0.05, 0) is 43.2 Å². The van der Waals surface area contributed by atoms with Crippen molar-refractivity contribution in [2.45, 2.75) is 20.3 Å². The van der Waals surface area contributed by atoms with Crippen molar-refractivity contribution in [1.29, 1.82) is 0 Å². The average molecular weight is 293 g/mol. The van der Waals surface area contributed by atoms with Crippen LogP contribution >= 0.6 is 0 Å². The molecule has 0 aliphatic rings. The summed E-state index contributed by atoms with van der Waals surface area (Å²) >= 11 is 0. The van der Waals surface area contributed by atoms with E-state index in [1.807, 2.05) is 36.4 Å². The fourth-order valence-electron chi connectivity index (χ4n) is 2.02. The molecule has 22 heavy (non-hydrogen) atoms. The Morgan fingerprint density at radius 2 is 1.55 bits per heavy atom. The number of ketones is 2. The molecule has 0 heterocycles. The lowest BCUT2D eigenvalue weighted by Gasteiger charge is -2.02. The van der Waals surface area contributed by atoms with Crippen molar-refractivity contribution in [2.24, 2.45) is 0 Å². The van der Waals surface area contributed by atoms with Gasteiger partial charge in [-0.15, -0.1) is 0 Å². The predicted octanol–water partition coefficient (Wildman–Crippen LogP) is 4.26. The highest BCUT2D eigenvalue weighted by molar-refractivity contribution is 6.04. The number of carbonyl (C=O) groups excluding carboxylic acids is 2. The SMILES string of the molecule is CCc1ccc(C(=O)/C=C\Nc2ccc(C(C)=O)cc2)cc1. The number of benzene rings is 2. The van der Waals surface area contributed by atoms with Gasteiger partial charge in [0.15, 0.2) is 11.6 Å². The highest BCUT2D eigenvalue weighted by Gasteiger charge is 2.01. The van der Waals surface area contributed by atoms with Crippen molar-refractivity contribution in [3.05, 3.63) is 77.5 Å². The molecule has 0 unspecified atom stereocenters. The predicted molar refractivity (Wildman–Crippen MR) is 89.4 cm³/mol. The van der Waals surface area contributed by atoms with E-state index in [9.17, 15) is 9.59 Å².